The fraction of sp³-hybridized carbons (Fsp3) is 0.273. The van der Waals surface area contributed by atoms with Crippen molar-refractivity contribution in [3.8, 4) is 0 Å². The van der Waals surface area contributed by atoms with Gasteiger partial charge >= 0.3 is 0 Å². The van der Waals surface area contributed by atoms with Crippen LogP contribution in [-0.4, -0.2) is 16.0 Å². The molecule has 1 amide bonds. The van der Waals surface area contributed by atoms with Gasteiger partial charge in [-0.2, -0.15) is 0 Å². The normalized spacial score (nSPS) is 12.8. The maximum Gasteiger partial charge on any atom is 0.224 e. The van der Waals surface area contributed by atoms with Gasteiger partial charge in [0, 0.05) is 6.42 Å². The number of amides is 1. The van der Waals surface area contributed by atoms with E-state index in [4.69, 9.17) is 10.2 Å². The van der Waals surface area contributed by atoms with Crippen LogP contribution in [0.4, 0.5) is 0 Å². The lowest BCUT2D eigenvalue weighted by Crippen LogP contribution is -2.12. The zero-order chi connectivity index (χ0) is 11.5. The number of nitrogens with two attached hydrogens (primary N) is 1. The number of aliphatic hydroxyl groups excluding tert-OH is 1. The van der Waals surface area contributed by atoms with Crippen molar-refractivity contribution in [3.63, 3.8) is 0 Å². The summed E-state index contributed by atoms with van der Waals surface area (Å²) in [4.78, 5) is 14.7. The molecule has 1 atom stereocenters. The number of hydrogen-bond donors (Lipinski definition) is 2. The molecule has 0 fully saturated rings. The maximum absolute atomic E-state index is 10.6. The van der Waals surface area contributed by atoms with Gasteiger partial charge in [-0.15, -0.1) is 0 Å². The van der Waals surface area contributed by atoms with Gasteiger partial charge in [0.2, 0.25) is 11.8 Å². The molecule has 1 aromatic heterocycles. The number of benzene rings is 1. The lowest BCUT2D eigenvalue weighted by molar-refractivity contribution is -0.118. The van der Waals surface area contributed by atoms with Gasteiger partial charge in [-0.1, -0.05) is 12.1 Å². The van der Waals surface area contributed by atoms with Crippen molar-refractivity contribution in [2.24, 2.45) is 5.73 Å². The van der Waals surface area contributed by atoms with E-state index in [0.29, 0.717) is 11.1 Å². The Morgan fingerprint density at radius 1 is 1.50 bits per heavy atom. The summed E-state index contributed by atoms with van der Waals surface area (Å²) < 4.78 is 5.35. The van der Waals surface area contributed by atoms with Gasteiger partial charge in [-0.05, 0) is 18.6 Å². The van der Waals surface area contributed by atoms with E-state index in [-0.39, 0.29) is 18.7 Å². The fourth-order valence-electron chi connectivity index (χ4n) is 1.44. The third-order valence-corrected chi connectivity index (χ3v) is 2.26. The van der Waals surface area contributed by atoms with E-state index in [1.54, 1.807) is 12.1 Å². The number of fused-ring (bicyclic) bond motifs is 1. The quantitative estimate of drug-likeness (QED) is 0.808. The highest BCUT2D eigenvalue weighted by atomic mass is 16.4. The van der Waals surface area contributed by atoms with Crippen molar-refractivity contribution in [2.75, 3.05) is 0 Å². The highest BCUT2D eigenvalue weighted by molar-refractivity contribution is 5.74. The molecule has 0 saturated carbocycles. The van der Waals surface area contributed by atoms with E-state index < -0.39 is 12.0 Å². The van der Waals surface area contributed by atoms with Crippen LogP contribution in [0.3, 0.4) is 0 Å². The summed E-state index contributed by atoms with van der Waals surface area (Å²) in [5.41, 5.74) is 6.30. The van der Waals surface area contributed by atoms with Crippen LogP contribution in [0.2, 0.25) is 0 Å². The molecule has 16 heavy (non-hydrogen) atoms. The summed E-state index contributed by atoms with van der Waals surface area (Å²) in [6.45, 7) is 0. The number of primary amides is 1. The second-order valence-electron chi connectivity index (χ2n) is 3.54. The average molecular weight is 220 g/mol. The summed E-state index contributed by atoms with van der Waals surface area (Å²) in [7, 11) is 0. The number of carbonyl (C=O) groups is 1. The lowest BCUT2D eigenvalue weighted by Gasteiger charge is -2.03. The predicted molar refractivity (Wildman–Crippen MR) is 57.4 cm³/mol. The minimum absolute atomic E-state index is 0.111. The number of para-hydroxylation sites is 2. The van der Waals surface area contributed by atoms with E-state index in [1.165, 1.54) is 0 Å². The van der Waals surface area contributed by atoms with Crippen molar-refractivity contribution in [2.45, 2.75) is 18.9 Å². The largest absolute Gasteiger partial charge is 0.438 e. The van der Waals surface area contributed by atoms with Crippen molar-refractivity contribution in [3.05, 3.63) is 30.2 Å². The monoisotopic (exact) mass is 220 g/mol. The van der Waals surface area contributed by atoms with Gasteiger partial charge in [0.15, 0.2) is 5.58 Å². The van der Waals surface area contributed by atoms with Gasteiger partial charge in [0.05, 0.1) is 0 Å². The Morgan fingerprint density at radius 2 is 2.25 bits per heavy atom. The molecule has 0 aliphatic rings. The predicted octanol–water partition coefficient (Wildman–Crippen LogP) is 1.13. The molecule has 1 heterocycles. The fourth-order valence-corrected chi connectivity index (χ4v) is 1.44. The number of carbonyl (C=O) groups excluding carboxylic acids is 1. The van der Waals surface area contributed by atoms with Crippen LogP contribution in [0, 0.1) is 0 Å². The number of oxazole rings is 1. The first kappa shape index (κ1) is 10.6. The molecular weight excluding hydrogens is 208 g/mol. The standard InChI is InChI=1S/C11H12N2O3/c12-10(15)6-5-8(14)11-13-7-3-1-2-4-9(7)16-11/h1-4,8,14H,5-6H2,(H2,12,15). The van der Waals surface area contributed by atoms with Crippen molar-refractivity contribution >= 4 is 17.0 Å². The zero-order valence-electron chi connectivity index (χ0n) is 8.59. The third-order valence-electron chi connectivity index (χ3n) is 2.26. The topological polar surface area (TPSA) is 89.4 Å². The van der Waals surface area contributed by atoms with Gasteiger partial charge < -0.3 is 15.3 Å². The Bertz CT molecular complexity index is 474. The Hall–Kier alpha value is -1.88. The second-order valence-corrected chi connectivity index (χ2v) is 3.54. The summed E-state index contributed by atoms with van der Waals surface area (Å²) in [5.74, 6) is -0.224. The van der Waals surface area contributed by atoms with Crippen molar-refractivity contribution in [1.29, 1.82) is 0 Å². The molecule has 2 rings (SSSR count). The highest BCUT2D eigenvalue weighted by Crippen LogP contribution is 2.22. The van der Waals surface area contributed by atoms with Crippen LogP contribution in [0.1, 0.15) is 24.8 Å². The number of rotatable bonds is 4. The number of hydrogen-bond acceptors (Lipinski definition) is 4. The van der Waals surface area contributed by atoms with Gasteiger partial charge in [0.1, 0.15) is 11.6 Å². The molecule has 1 unspecified atom stereocenters. The summed E-state index contributed by atoms with van der Waals surface area (Å²) in [6, 6.07) is 7.23. The third kappa shape index (κ3) is 2.20. The first-order valence-corrected chi connectivity index (χ1v) is 4.98. The highest BCUT2D eigenvalue weighted by Gasteiger charge is 2.15. The Kier molecular flexibility index (Phi) is 2.87. The molecule has 0 bridgehead atoms. The Morgan fingerprint density at radius 3 is 2.94 bits per heavy atom. The van der Waals surface area contributed by atoms with Crippen LogP contribution >= 0.6 is 0 Å². The van der Waals surface area contributed by atoms with Gasteiger partial charge in [-0.3, -0.25) is 4.79 Å². The number of nitrogens with zero attached hydrogens (tertiary/aromatic N) is 1. The molecule has 1 aromatic carbocycles. The van der Waals surface area contributed by atoms with Crippen LogP contribution in [0.15, 0.2) is 28.7 Å². The minimum atomic E-state index is -0.889. The van der Waals surface area contributed by atoms with E-state index in [0.717, 1.165) is 0 Å². The SMILES string of the molecule is NC(=O)CCC(O)c1nc2ccccc2o1. The molecule has 0 radical (unpaired) electrons. The van der Waals surface area contributed by atoms with Crippen molar-refractivity contribution < 1.29 is 14.3 Å². The Balaban J connectivity index is 2.16. The Labute approximate surface area is 91.9 Å². The van der Waals surface area contributed by atoms with Crippen LogP contribution in [-0.2, 0) is 4.79 Å². The van der Waals surface area contributed by atoms with Crippen LogP contribution < -0.4 is 5.73 Å². The molecular formula is C11H12N2O3. The molecule has 0 saturated heterocycles. The molecule has 3 N–H and O–H groups in total. The van der Waals surface area contributed by atoms with Crippen LogP contribution in [0.25, 0.3) is 11.1 Å². The molecule has 0 spiro atoms. The first-order valence-electron chi connectivity index (χ1n) is 4.98. The average Bonchev–Trinajstić information content (AvgIpc) is 2.69. The van der Waals surface area contributed by atoms with E-state index in [2.05, 4.69) is 4.98 Å². The summed E-state index contributed by atoms with van der Waals surface area (Å²) in [6.07, 6.45) is -0.554. The minimum Gasteiger partial charge on any atom is -0.438 e. The first-order chi connectivity index (χ1) is 7.66. The van der Waals surface area contributed by atoms with Gasteiger partial charge in [0.25, 0.3) is 0 Å². The van der Waals surface area contributed by atoms with Crippen molar-refractivity contribution in [1.82, 2.24) is 4.98 Å². The van der Waals surface area contributed by atoms with Crippen LogP contribution in [0.5, 0.6) is 0 Å². The maximum atomic E-state index is 10.6. The molecule has 5 nitrogen and oxygen atoms in total. The van der Waals surface area contributed by atoms with E-state index in [1.807, 2.05) is 12.1 Å². The molecule has 0 aliphatic heterocycles. The van der Waals surface area contributed by atoms with Gasteiger partial charge in [-0.25, -0.2) is 4.98 Å². The number of aliphatic hydroxyl groups is 1. The molecule has 0 aliphatic carbocycles. The van der Waals surface area contributed by atoms with E-state index in [9.17, 15) is 9.90 Å². The summed E-state index contributed by atoms with van der Waals surface area (Å²) in [5, 5.41) is 9.71. The summed E-state index contributed by atoms with van der Waals surface area (Å²) >= 11 is 0. The zero-order valence-corrected chi connectivity index (χ0v) is 8.59. The smallest absolute Gasteiger partial charge is 0.224 e. The molecule has 84 valence electrons. The second kappa shape index (κ2) is 4.32. The molecule has 2 aromatic rings. The molecule has 5 heteroatoms. The number of aromatic nitrogens is 1. The van der Waals surface area contributed by atoms with E-state index >= 15 is 0 Å². The lowest BCUT2D eigenvalue weighted by atomic mass is 10.2.